The number of amides is 1. The number of esters is 1. The van der Waals surface area contributed by atoms with Crippen LogP contribution in [-0.2, 0) is 15.0 Å². The number of nitrogens with zero attached hydrogens (tertiary/aromatic N) is 2. The van der Waals surface area contributed by atoms with Crippen molar-refractivity contribution in [2.45, 2.75) is 56.6 Å². The van der Waals surface area contributed by atoms with E-state index >= 15 is 0 Å². The van der Waals surface area contributed by atoms with Crippen molar-refractivity contribution >= 4 is 18.0 Å². The Balaban J connectivity index is 1.64. The van der Waals surface area contributed by atoms with E-state index in [2.05, 4.69) is 11.5 Å². The van der Waals surface area contributed by atoms with Crippen molar-refractivity contribution in [3.05, 3.63) is 72.2 Å². The maximum atomic E-state index is 13.1. The average Bonchev–Trinajstić information content (AvgIpc) is 3.26. The molecule has 1 amide bonds. The number of carbonyl (C=O) groups is 2. The van der Waals surface area contributed by atoms with E-state index in [0.717, 1.165) is 29.9 Å². The van der Waals surface area contributed by atoms with Gasteiger partial charge in [-0.15, -0.1) is 6.58 Å². The summed E-state index contributed by atoms with van der Waals surface area (Å²) < 4.78 is 10.7. The number of aliphatic hydroxyl groups is 1. The Labute approximate surface area is 213 Å². The molecule has 2 aliphatic rings. The molecule has 1 saturated heterocycles. The van der Waals surface area contributed by atoms with Gasteiger partial charge in [-0.1, -0.05) is 18.2 Å². The number of β-amino-alcohol motifs (C(OH)–C–C–N with tert-alkyl or cyclic N) is 1. The van der Waals surface area contributed by atoms with Crippen LogP contribution in [0.3, 0.4) is 0 Å². The largest absolute Gasteiger partial charge is 0.469 e. The Kier molecular flexibility index (Phi) is 7.52. The number of benzene rings is 1. The highest BCUT2D eigenvalue weighted by atomic mass is 16.5. The Morgan fingerprint density at radius 2 is 2.14 bits per heavy atom. The maximum absolute atomic E-state index is 13.1. The third-order valence-electron chi connectivity index (χ3n) is 7.94. The second-order valence-corrected chi connectivity index (χ2v) is 10.1. The summed E-state index contributed by atoms with van der Waals surface area (Å²) in [4.78, 5) is 28.7. The highest BCUT2D eigenvalue weighted by Crippen LogP contribution is 2.52. The summed E-state index contributed by atoms with van der Waals surface area (Å²) in [5.74, 6) is 0.767. The molecule has 3 atom stereocenters. The first-order valence-electron chi connectivity index (χ1n) is 12.5. The van der Waals surface area contributed by atoms with Gasteiger partial charge in [0.25, 0.3) is 0 Å². The average molecular weight is 493 g/mol. The number of aryl methyl sites for hydroxylation is 1. The number of likely N-dealkylation sites (tertiary alicyclic amines) is 1. The van der Waals surface area contributed by atoms with Crippen molar-refractivity contribution in [2.75, 3.05) is 26.7 Å². The Morgan fingerprint density at radius 1 is 1.33 bits per heavy atom. The van der Waals surface area contributed by atoms with Gasteiger partial charge < -0.3 is 19.2 Å². The summed E-state index contributed by atoms with van der Waals surface area (Å²) in [5, 5.41) is 12.2. The van der Waals surface area contributed by atoms with Crippen LogP contribution in [0, 0.1) is 6.92 Å². The third kappa shape index (κ3) is 5.04. The normalized spacial score (nSPS) is 26.4. The summed E-state index contributed by atoms with van der Waals surface area (Å²) in [7, 11) is 1.83. The standard InChI is InChI=1S/C29H36N2O5/c1-5-15-31-16-14-28(24-7-6-8-26(18-24)36-22(3)32)19-25(11-13-29(28,34)20-31)30(4)27(33)10-9-23-12-17-35-21(23)2/h5-10,12,17-18,25,34H,1,11,13-16,19-20H2,2-4H3/b10-9+/t25-,28-,29-/m0/s1. The Morgan fingerprint density at radius 3 is 2.83 bits per heavy atom. The van der Waals surface area contributed by atoms with Gasteiger partial charge in [0, 0.05) is 50.2 Å². The first-order chi connectivity index (χ1) is 17.2. The molecule has 0 radical (unpaired) electrons. The van der Waals surface area contributed by atoms with Gasteiger partial charge in [0.15, 0.2) is 0 Å². The van der Waals surface area contributed by atoms with E-state index in [1.165, 1.54) is 6.92 Å². The summed E-state index contributed by atoms with van der Waals surface area (Å²) in [6, 6.07) is 9.30. The molecular weight excluding hydrogens is 456 g/mol. The van der Waals surface area contributed by atoms with E-state index < -0.39 is 11.0 Å². The number of furan rings is 1. The van der Waals surface area contributed by atoms with Crippen LogP contribution in [0.5, 0.6) is 5.75 Å². The molecular formula is C29H36N2O5. The van der Waals surface area contributed by atoms with Crippen molar-refractivity contribution in [3.63, 3.8) is 0 Å². The smallest absolute Gasteiger partial charge is 0.308 e. The van der Waals surface area contributed by atoms with E-state index in [1.807, 2.05) is 44.3 Å². The van der Waals surface area contributed by atoms with E-state index in [4.69, 9.17) is 9.15 Å². The molecule has 7 nitrogen and oxygen atoms in total. The molecule has 36 heavy (non-hydrogen) atoms. The molecule has 1 aliphatic carbocycles. The van der Waals surface area contributed by atoms with E-state index in [0.29, 0.717) is 38.1 Å². The van der Waals surface area contributed by atoms with Gasteiger partial charge in [-0.3, -0.25) is 14.5 Å². The molecule has 2 fully saturated rings. The van der Waals surface area contributed by atoms with Gasteiger partial charge in [-0.05, 0) is 69.0 Å². The first-order valence-corrected chi connectivity index (χ1v) is 12.5. The highest BCUT2D eigenvalue weighted by molar-refractivity contribution is 5.92. The van der Waals surface area contributed by atoms with E-state index in [9.17, 15) is 14.7 Å². The molecule has 2 aromatic rings. The van der Waals surface area contributed by atoms with E-state index in [1.54, 1.807) is 29.4 Å². The summed E-state index contributed by atoms with van der Waals surface area (Å²) >= 11 is 0. The third-order valence-corrected chi connectivity index (χ3v) is 7.94. The number of hydrogen-bond acceptors (Lipinski definition) is 6. The lowest BCUT2D eigenvalue weighted by Gasteiger charge is -2.59. The van der Waals surface area contributed by atoms with Gasteiger partial charge in [-0.25, -0.2) is 0 Å². The molecule has 2 heterocycles. The zero-order valence-electron chi connectivity index (χ0n) is 21.4. The molecule has 1 aliphatic heterocycles. The van der Waals surface area contributed by atoms with Crippen molar-refractivity contribution in [3.8, 4) is 5.75 Å². The van der Waals surface area contributed by atoms with Crippen LogP contribution in [0.4, 0.5) is 0 Å². The van der Waals surface area contributed by atoms with Crippen molar-refractivity contribution < 1.29 is 23.8 Å². The van der Waals surface area contributed by atoms with Crippen LogP contribution in [-0.4, -0.2) is 65.1 Å². The molecule has 7 heteroatoms. The summed E-state index contributed by atoms with van der Waals surface area (Å²) in [6.07, 6.45) is 9.44. The molecule has 0 spiro atoms. The van der Waals surface area contributed by atoms with Crippen LogP contribution in [0.1, 0.15) is 49.5 Å². The predicted octanol–water partition coefficient (Wildman–Crippen LogP) is 4.10. The molecule has 1 aromatic carbocycles. The number of hydrogen-bond donors (Lipinski definition) is 1. The minimum Gasteiger partial charge on any atom is -0.469 e. The second kappa shape index (κ2) is 10.4. The molecule has 0 unspecified atom stereocenters. The second-order valence-electron chi connectivity index (χ2n) is 10.1. The van der Waals surface area contributed by atoms with Crippen LogP contribution >= 0.6 is 0 Å². The number of likely N-dealkylation sites (N-methyl/N-ethyl adjacent to an activating group) is 1. The van der Waals surface area contributed by atoms with E-state index in [-0.39, 0.29) is 17.9 Å². The molecule has 4 rings (SSSR count). The molecule has 1 saturated carbocycles. The summed E-state index contributed by atoms with van der Waals surface area (Å²) in [5.41, 5.74) is 0.261. The number of rotatable bonds is 7. The lowest BCUT2D eigenvalue weighted by Crippen LogP contribution is -2.67. The lowest BCUT2D eigenvalue weighted by molar-refractivity contribution is -0.143. The van der Waals surface area contributed by atoms with Crippen molar-refractivity contribution in [2.24, 2.45) is 0 Å². The van der Waals surface area contributed by atoms with Gasteiger partial charge in [-0.2, -0.15) is 0 Å². The van der Waals surface area contributed by atoms with Crippen LogP contribution in [0.15, 0.2) is 59.7 Å². The number of ether oxygens (including phenoxy) is 1. The van der Waals surface area contributed by atoms with Gasteiger partial charge in [0.05, 0.1) is 11.9 Å². The van der Waals surface area contributed by atoms with Gasteiger partial charge in [0.2, 0.25) is 5.91 Å². The molecule has 0 bridgehead atoms. The number of carbonyl (C=O) groups excluding carboxylic acids is 2. The lowest BCUT2D eigenvalue weighted by atomic mass is 9.55. The molecule has 1 N–H and O–H groups in total. The highest BCUT2D eigenvalue weighted by Gasteiger charge is 2.58. The van der Waals surface area contributed by atoms with Crippen LogP contribution in [0.25, 0.3) is 6.08 Å². The molecule has 192 valence electrons. The van der Waals surface area contributed by atoms with Crippen LogP contribution in [0.2, 0.25) is 0 Å². The number of fused-ring (bicyclic) bond motifs is 1. The first kappa shape index (κ1) is 25.9. The maximum Gasteiger partial charge on any atom is 0.308 e. The zero-order chi connectivity index (χ0) is 25.9. The SMILES string of the molecule is C=CCN1CC[C@@]2(c3cccc(OC(C)=O)c3)C[C@@H](N(C)C(=O)/C=C/c3ccoc3C)CC[C@]2(O)C1. The van der Waals surface area contributed by atoms with Gasteiger partial charge in [0.1, 0.15) is 11.5 Å². The number of piperidine rings is 1. The quantitative estimate of drug-likeness (QED) is 0.271. The van der Waals surface area contributed by atoms with Crippen molar-refractivity contribution in [1.82, 2.24) is 9.80 Å². The minimum atomic E-state index is -0.979. The molecule has 1 aromatic heterocycles. The fourth-order valence-electron chi connectivity index (χ4n) is 5.95. The monoisotopic (exact) mass is 492 g/mol. The van der Waals surface area contributed by atoms with Gasteiger partial charge >= 0.3 is 5.97 Å². The fourth-order valence-corrected chi connectivity index (χ4v) is 5.95. The Hall–Kier alpha value is -3.16. The summed E-state index contributed by atoms with van der Waals surface area (Å²) in [6.45, 7) is 9.15. The van der Waals surface area contributed by atoms with Crippen LogP contribution < -0.4 is 4.74 Å². The Bertz CT molecular complexity index is 1150. The zero-order valence-corrected chi connectivity index (χ0v) is 21.4. The van der Waals surface area contributed by atoms with Crippen molar-refractivity contribution in [1.29, 1.82) is 0 Å². The predicted molar refractivity (Wildman–Crippen MR) is 139 cm³/mol. The fraction of sp³-hybridized carbons (Fsp3) is 0.448. The topological polar surface area (TPSA) is 83.2 Å². The minimum absolute atomic E-state index is 0.0452.